The van der Waals surface area contributed by atoms with Crippen LogP contribution in [-0.2, 0) is 4.79 Å². The summed E-state index contributed by atoms with van der Waals surface area (Å²) in [7, 11) is 0. The van der Waals surface area contributed by atoms with Crippen molar-refractivity contribution >= 4 is 5.91 Å². The van der Waals surface area contributed by atoms with E-state index in [1.54, 1.807) is 0 Å². The molecule has 20 heavy (non-hydrogen) atoms. The Labute approximate surface area is 122 Å². The molecule has 1 fully saturated rings. The first-order valence-electron chi connectivity index (χ1n) is 7.73. The average molecular weight is 285 g/mol. The number of rotatable bonds is 6. The van der Waals surface area contributed by atoms with Crippen molar-refractivity contribution in [3.8, 4) is 0 Å². The van der Waals surface area contributed by atoms with Gasteiger partial charge in [0.15, 0.2) is 0 Å². The molecule has 5 heteroatoms. The zero-order valence-corrected chi connectivity index (χ0v) is 13.1. The first-order valence-corrected chi connectivity index (χ1v) is 7.73. The van der Waals surface area contributed by atoms with Gasteiger partial charge in [0.25, 0.3) is 0 Å². The molecular formula is C15H31N3O2. The number of aliphatic hydroxyl groups excluding tert-OH is 1. The highest BCUT2D eigenvalue weighted by atomic mass is 16.3. The van der Waals surface area contributed by atoms with E-state index in [0.717, 1.165) is 12.8 Å². The lowest BCUT2D eigenvalue weighted by Crippen LogP contribution is -2.51. The van der Waals surface area contributed by atoms with Crippen LogP contribution in [0.15, 0.2) is 0 Å². The Morgan fingerprint density at radius 2 is 2.00 bits per heavy atom. The van der Waals surface area contributed by atoms with Crippen molar-refractivity contribution in [3.63, 3.8) is 0 Å². The van der Waals surface area contributed by atoms with Gasteiger partial charge in [-0.1, -0.05) is 12.8 Å². The second-order valence-electron chi connectivity index (χ2n) is 6.94. The van der Waals surface area contributed by atoms with Crippen LogP contribution in [0.25, 0.3) is 0 Å². The topological polar surface area (TPSA) is 87.4 Å². The lowest BCUT2D eigenvalue weighted by molar-refractivity contribution is -0.123. The summed E-state index contributed by atoms with van der Waals surface area (Å²) in [5, 5.41) is 15.9. The molecule has 1 aliphatic rings. The van der Waals surface area contributed by atoms with E-state index in [1.807, 2.05) is 20.8 Å². The fourth-order valence-electron chi connectivity index (χ4n) is 2.85. The summed E-state index contributed by atoms with van der Waals surface area (Å²) in [6, 6.07) is 0.263. The lowest BCUT2D eigenvalue weighted by Gasteiger charge is -2.34. The number of hydrogen-bond donors (Lipinski definition) is 4. The fourth-order valence-corrected chi connectivity index (χ4v) is 2.85. The van der Waals surface area contributed by atoms with E-state index >= 15 is 0 Å². The Balaban J connectivity index is 2.47. The number of carbonyl (C=O) groups is 1. The Kier molecular flexibility index (Phi) is 6.92. The minimum Gasteiger partial charge on any atom is -0.396 e. The molecule has 3 atom stereocenters. The van der Waals surface area contributed by atoms with E-state index in [0.29, 0.717) is 18.9 Å². The van der Waals surface area contributed by atoms with Crippen LogP contribution in [0.1, 0.15) is 52.9 Å². The molecule has 5 nitrogen and oxygen atoms in total. The van der Waals surface area contributed by atoms with Crippen LogP contribution in [0.3, 0.4) is 0 Å². The van der Waals surface area contributed by atoms with Gasteiger partial charge in [0, 0.05) is 37.2 Å². The molecule has 0 aromatic carbocycles. The van der Waals surface area contributed by atoms with Crippen LogP contribution >= 0.6 is 0 Å². The Bertz CT molecular complexity index is 302. The lowest BCUT2D eigenvalue weighted by atomic mass is 9.84. The molecule has 0 aromatic rings. The maximum atomic E-state index is 12.0. The van der Waals surface area contributed by atoms with Gasteiger partial charge >= 0.3 is 0 Å². The molecular weight excluding hydrogens is 254 g/mol. The molecule has 0 saturated heterocycles. The summed E-state index contributed by atoms with van der Waals surface area (Å²) in [6.45, 7) is 6.56. The van der Waals surface area contributed by atoms with Crippen LogP contribution in [0.4, 0.5) is 0 Å². The van der Waals surface area contributed by atoms with Gasteiger partial charge in [-0.2, -0.15) is 0 Å². The number of hydrogen-bond acceptors (Lipinski definition) is 4. The summed E-state index contributed by atoms with van der Waals surface area (Å²) in [6.07, 6.45) is 4.87. The van der Waals surface area contributed by atoms with Crippen LogP contribution in [-0.4, -0.2) is 41.8 Å². The van der Waals surface area contributed by atoms with Crippen LogP contribution < -0.4 is 16.4 Å². The third-order valence-corrected chi connectivity index (χ3v) is 3.82. The van der Waals surface area contributed by atoms with Crippen molar-refractivity contribution in [2.75, 3.05) is 13.2 Å². The number of carbonyl (C=O) groups excluding carboxylic acids is 1. The standard InChI is InChI=1S/C15H31N3O2/c1-15(2,3)18-14(20)8-12(9-16)17-13-7-5-4-6-11(13)10-19/h11-13,17,19H,4-10,16H2,1-3H3,(H,18,20). The predicted molar refractivity (Wildman–Crippen MR) is 81.3 cm³/mol. The quantitative estimate of drug-likeness (QED) is 0.580. The zero-order valence-electron chi connectivity index (χ0n) is 13.1. The number of aliphatic hydroxyl groups is 1. The molecule has 1 saturated carbocycles. The van der Waals surface area contributed by atoms with E-state index in [9.17, 15) is 9.90 Å². The molecule has 118 valence electrons. The molecule has 1 rings (SSSR count). The molecule has 1 aliphatic carbocycles. The van der Waals surface area contributed by atoms with Gasteiger partial charge in [-0.3, -0.25) is 4.79 Å². The molecule has 0 bridgehead atoms. The predicted octanol–water partition coefficient (Wildman–Crippen LogP) is 0.759. The monoisotopic (exact) mass is 285 g/mol. The van der Waals surface area contributed by atoms with Crippen molar-refractivity contribution in [3.05, 3.63) is 0 Å². The van der Waals surface area contributed by atoms with Gasteiger partial charge in [-0.25, -0.2) is 0 Å². The van der Waals surface area contributed by atoms with Crippen LogP contribution in [0, 0.1) is 5.92 Å². The van der Waals surface area contributed by atoms with Gasteiger partial charge in [0.2, 0.25) is 5.91 Å². The minimum atomic E-state index is -0.214. The van der Waals surface area contributed by atoms with Gasteiger partial charge in [-0.05, 0) is 39.5 Å². The Hall–Kier alpha value is -0.650. The van der Waals surface area contributed by atoms with Gasteiger partial charge in [0.05, 0.1) is 0 Å². The second kappa shape index (κ2) is 7.96. The zero-order chi connectivity index (χ0) is 15.2. The van der Waals surface area contributed by atoms with E-state index in [2.05, 4.69) is 10.6 Å². The Morgan fingerprint density at radius 3 is 2.55 bits per heavy atom. The molecule has 0 aliphatic heterocycles. The summed E-state index contributed by atoms with van der Waals surface area (Å²) in [4.78, 5) is 12.0. The number of amides is 1. The van der Waals surface area contributed by atoms with E-state index in [1.165, 1.54) is 12.8 Å². The molecule has 0 heterocycles. The van der Waals surface area contributed by atoms with Crippen molar-refractivity contribution in [1.29, 1.82) is 0 Å². The Morgan fingerprint density at radius 1 is 1.35 bits per heavy atom. The van der Waals surface area contributed by atoms with E-state index in [4.69, 9.17) is 5.73 Å². The van der Waals surface area contributed by atoms with Gasteiger partial charge in [-0.15, -0.1) is 0 Å². The normalized spacial score (nSPS) is 25.2. The molecule has 1 amide bonds. The maximum absolute atomic E-state index is 12.0. The SMILES string of the molecule is CC(C)(C)NC(=O)CC(CN)NC1CCCCC1CO. The summed E-state index contributed by atoms with van der Waals surface area (Å²) < 4.78 is 0. The van der Waals surface area contributed by atoms with Crippen molar-refractivity contribution in [1.82, 2.24) is 10.6 Å². The van der Waals surface area contributed by atoms with Crippen molar-refractivity contribution < 1.29 is 9.90 Å². The maximum Gasteiger partial charge on any atom is 0.222 e. The smallest absolute Gasteiger partial charge is 0.222 e. The summed E-state index contributed by atoms with van der Waals surface area (Å²) >= 11 is 0. The van der Waals surface area contributed by atoms with Gasteiger partial charge in [0.1, 0.15) is 0 Å². The summed E-state index contributed by atoms with van der Waals surface area (Å²) in [5.74, 6) is 0.320. The average Bonchev–Trinajstić information content (AvgIpc) is 2.36. The van der Waals surface area contributed by atoms with Gasteiger partial charge < -0.3 is 21.5 Å². The highest BCUT2D eigenvalue weighted by Crippen LogP contribution is 2.24. The summed E-state index contributed by atoms with van der Waals surface area (Å²) in [5.41, 5.74) is 5.57. The fraction of sp³-hybridized carbons (Fsp3) is 0.933. The molecule has 0 aromatic heterocycles. The van der Waals surface area contributed by atoms with E-state index < -0.39 is 0 Å². The molecule has 3 unspecified atom stereocenters. The molecule has 0 radical (unpaired) electrons. The highest BCUT2D eigenvalue weighted by molar-refractivity contribution is 5.77. The second-order valence-corrected chi connectivity index (χ2v) is 6.94. The third-order valence-electron chi connectivity index (χ3n) is 3.82. The number of nitrogens with one attached hydrogen (secondary N) is 2. The first kappa shape index (κ1) is 17.4. The largest absolute Gasteiger partial charge is 0.396 e. The molecule has 0 spiro atoms. The number of nitrogens with two attached hydrogens (primary N) is 1. The molecule has 5 N–H and O–H groups in total. The van der Waals surface area contributed by atoms with Crippen LogP contribution in [0.5, 0.6) is 0 Å². The van der Waals surface area contributed by atoms with E-state index in [-0.39, 0.29) is 30.1 Å². The minimum absolute atomic E-state index is 0.0190. The first-order chi connectivity index (χ1) is 9.35. The van der Waals surface area contributed by atoms with Crippen LogP contribution in [0.2, 0.25) is 0 Å². The highest BCUT2D eigenvalue weighted by Gasteiger charge is 2.27. The third kappa shape index (κ3) is 6.20. The van der Waals surface area contributed by atoms with Crippen molar-refractivity contribution in [2.45, 2.75) is 70.5 Å². The van der Waals surface area contributed by atoms with Crippen molar-refractivity contribution in [2.24, 2.45) is 11.7 Å².